The molecule has 1 aromatic heterocycles. The molecule has 6 rings (SSSR count). The lowest BCUT2D eigenvalue weighted by atomic mass is 9.49. The Morgan fingerprint density at radius 3 is 2.40 bits per heavy atom. The minimum absolute atomic E-state index is 0.0639. The quantitative estimate of drug-likeness (QED) is 0.841. The molecular weight excluding hydrogens is 335 g/mol. The first-order chi connectivity index (χ1) is 12.1. The SMILES string of the molecule is O=C(Nc1nc(C23CC4CC(CC(C4)C2)C3)cs1)c1ccccc1F. The summed E-state index contributed by atoms with van der Waals surface area (Å²) in [5.74, 6) is 1.67. The van der Waals surface area contributed by atoms with Crippen LogP contribution in [0.15, 0.2) is 29.6 Å². The third-order valence-electron chi connectivity index (χ3n) is 6.42. The maximum atomic E-state index is 13.8. The predicted octanol–water partition coefficient (Wildman–Crippen LogP) is 5.00. The van der Waals surface area contributed by atoms with Crippen molar-refractivity contribution in [3.63, 3.8) is 0 Å². The van der Waals surface area contributed by atoms with Crippen LogP contribution in [0, 0.1) is 23.6 Å². The average molecular weight is 356 g/mol. The molecule has 0 radical (unpaired) electrons. The normalized spacial score (nSPS) is 32.8. The molecule has 4 fully saturated rings. The van der Waals surface area contributed by atoms with Crippen molar-refractivity contribution < 1.29 is 9.18 Å². The fourth-order valence-electron chi connectivity index (χ4n) is 5.81. The summed E-state index contributed by atoms with van der Waals surface area (Å²) in [7, 11) is 0. The predicted molar refractivity (Wildman–Crippen MR) is 96.3 cm³/mol. The molecule has 1 amide bonds. The van der Waals surface area contributed by atoms with E-state index in [0.717, 1.165) is 23.4 Å². The number of benzene rings is 1. The number of amides is 1. The van der Waals surface area contributed by atoms with E-state index in [1.54, 1.807) is 12.1 Å². The zero-order chi connectivity index (χ0) is 17.0. The van der Waals surface area contributed by atoms with Gasteiger partial charge in [-0.25, -0.2) is 9.37 Å². The van der Waals surface area contributed by atoms with Crippen LogP contribution in [0.4, 0.5) is 9.52 Å². The Bertz CT molecular complexity index is 795. The molecule has 1 heterocycles. The van der Waals surface area contributed by atoms with Gasteiger partial charge in [0.25, 0.3) is 5.91 Å². The lowest BCUT2D eigenvalue weighted by Gasteiger charge is -2.56. The van der Waals surface area contributed by atoms with Gasteiger partial charge in [-0.3, -0.25) is 10.1 Å². The van der Waals surface area contributed by atoms with E-state index in [1.165, 1.54) is 62.0 Å². The van der Waals surface area contributed by atoms with Crippen molar-refractivity contribution >= 4 is 22.4 Å². The number of anilines is 1. The highest BCUT2D eigenvalue weighted by Gasteiger charge is 2.52. The van der Waals surface area contributed by atoms with E-state index in [2.05, 4.69) is 10.7 Å². The van der Waals surface area contributed by atoms with Gasteiger partial charge in [0.05, 0.1) is 11.3 Å². The van der Waals surface area contributed by atoms with Crippen molar-refractivity contribution in [2.24, 2.45) is 17.8 Å². The minimum atomic E-state index is -0.502. The third kappa shape index (κ3) is 2.60. The Morgan fingerprint density at radius 2 is 1.76 bits per heavy atom. The number of hydrogen-bond donors (Lipinski definition) is 1. The Morgan fingerprint density at radius 1 is 1.12 bits per heavy atom. The second-order valence-electron chi connectivity index (χ2n) is 8.17. The minimum Gasteiger partial charge on any atom is -0.298 e. The highest BCUT2D eigenvalue weighted by atomic mass is 32.1. The molecule has 4 bridgehead atoms. The summed E-state index contributed by atoms with van der Waals surface area (Å²) in [6, 6.07) is 6.05. The first-order valence-electron chi connectivity index (χ1n) is 9.13. The molecular formula is C20H21FN2OS. The Labute approximate surface area is 150 Å². The van der Waals surface area contributed by atoms with Crippen molar-refractivity contribution in [1.82, 2.24) is 4.98 Å². The lowest BCUT2D eigenvalue weighted by Crippen LogP contribution is -2.48. The van der Waals surface area contributed by atoms with E-state index in [1.807, 2.05) is 0 Å². The molecule has 0 aliphatic heterocycles. The number of thiazole rings is 1. The molecule has 4 saturated carbocycles. The second-order valence-corrected chi connectivity index (χ2v) is 9.03. The monoisotopic (exact) mass is 356 g/mol. The average Bonchev–Trinajstić information content (AvgIpc) is 3.03. The highest BCUT2D eigenvalue weighted by Crippen LogP contribution is 2.60. The Balaban J connectivity index is 1.38. The van der Waals surface area contributed by atoms with E-state index in [0.29, 0.717) is 5.13 Å². The fourth-order valence-corrected chi connectivity index (χ4v) is 6.64. The molecule has 4 aliphatic carbocycles. The van der Waals surface area contributed by atoms with Gasteiger partial charge >= 0.3 is 0 Å². The zero-order valence-electron chi connectivity index (χ0n) is 14.0. The highest BCUT2D eigenvalue weighted by molar-refractivity contribution is 7.14. The molecule has 25 heavy (non-hydrogen) atoms. The van der Waals surface area contributed by atoms with E-state index in [4.69, 9.17) is 4.98 Å². The van der Waals surface area contributed by atoms with Crippen LogP contribution in [0.1, 0.15) is 54.6 Å². The topological polar surface area (TPSA) is 42.0 Å². The van der Waals surface area contributed by atoms with E-state index in [9.17, 15) is 9.18 Å². The first-order valence-corrected chi connectivity index (χ1v) is 10.0. The number of hydrogen-bond acceptors (Lipinski definition) is 3. The molecule has 4 aliphatic rings. The summed E-state index contributed by atoms with van der Waals surface area (Å²) in [6.45, 7) is 0. The summed E-state index contributed by atoms with van der Waals surface area (Å²) in [5.41, 5.74) is 1.45. The number of aromatic nitrogens is 1. The molecule has 1 aromatic carbocycles. The Kier molecular flexibility index (Phi) is 3.49. The van der Waals surface area contributed by atoms with Crippen molar-refractivity contribution in [2.45, 2.75) is 43.9 Å². The summed E-state index contributed by atoms with van der Waals surface area (Å²) in [4.78, 5) is 17.1. The van der Waals surface area contributed by atoms with Crippen molar-refractivity contribution in [2.75, 3.05) is 5.32 Å². The van der Waals surface area contributed by atoms with E-state index in [-0.39, 0.29) is 11.0 Å². The number of nitrogens with one attached hydrogen (secondary N) is 1. The summed E-state index contributed by atoms with van der Waals surface area (Å²) >= 11 is 1.46. The summed E-state index contributed by atoms with van der Waals surface area (Å²) in [5, 5.41) is 5.48. The molecule has 2 aromatic rings. The maximum Gasteiger partial charge on any atom is 0.260 e. The van der Waals surface area contributed by atoms with Crippen LogP contribution in [-0.4, -0.2) is 10.9 Å². The van der Waals surface area contributed by atoms with E-state index < -0.39 is 11.7 Å². The first kappa shape index (κ1) is 15.5. The molecule has 3 nitrogen and oxygen atoms in total. The van der Waals surface area contributed by atoms with Crippen LogP contribution in [-0.2, 0) is 5.41 Å². The standard InChI is InChI=1S/C20H21FN2OS/c21-16-4-2-1-3-15(16)18(24)23-19-22-17(11-25-19)20-8-12-5-13(9-20)7-14(6-12)10-20/h1-4,11-14H,5-10H2,(H,22,23,24). The number of nitrogens with zero attached hydrogens (tertiary/aromatic N) is 1. The molecule has 5 heteroatoms. The van der Waals surface area contributed by atoms with Gasteiger partial charge < -0.3 is 0 Å². The van der Waals surface area contributed by atoms with Gasteiger partial charge in [0.15, 0.2) is 5.13 Å². The number of carbonyl (C=O) groups is 1. The number of rotatable bonds is 3. The van der Waals surface area contributed by atoms with Gasteiger partial charge in [0.2, 0.25) is 0 Å². The summed E-state index contributed by atoms with van der Waals surface area (Å²) < 4.78 is 13.8. The van der Waals surface area contributed by atoms with Crippen molar-refractivity contribution in [3.8, 4) is 0 Å². The molecule has 0 saturated heterocycles. The van der Waals surface area contributed by atoms with Gasteiger partial charge in [-0.2, -0.15) is 0 Å². The number of halogens is 1. The van der Waals surface area contributed by atoms with Gasteiger partial charge in [0, 0.05) is 10.8 Å². The van der Waals surface area contributed by atoms with Crippen LogP contribution >= 0.6 is 11.3 Å². The molecule has 0 atom stereocenters. The smallest absolute Gasteiger partial charge is 0.260 e. The van der Waals surface area contributed by atoms with Crippen molar-refractivity contribution in [3.05, 3.63) is 46.7 Å². The molecule has 0 spiro atoms. The van der Waals surface area contributed by atoms with Gasteiger partial charge in [-0.15, -0.1) is 11.3 Å². The largest absolute Gasteiger partial charge is 0.298 e. The molecule has 130 valence electrons. The van der Waals surface area contributed by atoms with Crippen LogP contribution in [0.5, 0.6) is 0 Å². The van der Waals surface area contributed by atoms with Gasteiger partial charge in [-0.1, -0.05) is 12.1 Å². The molecule has 0 unspecified atom stereocenters. The van der Waals surface area contributed by atoms with Crippen LogP contribution in [0.3, 0.4) is 0 Å². The maximum absolute atomic E-state index is 13.8. The fraction of sp³-hybridized carbons (Fsp3) is 0.500. The third-order valence-corrected chi connectivity index (χ3v) is 7.18. The number of carbonyl (C=O) groups excluding carboxylic acids is 1. The molecule has 1 N–H and O–H groups in total. The second kappa shape index (κ2) is 5.63. The van der Waals surface area contributed by atoms with Crippen LogP contribution in [0.2, 0.25) is 0 Å². The summed E-state index contributed by atoms with van der Waals surface area (Å²) in [6.07, 6.45) is 7.97. The zero-order valence-corrected chi connectivity index (χ0v) is 14.8. The lowest BCUT2D eigenvalue weighted by molar-refractivity contribution is -0.00688. The van der Waals surface area contributed by atoms with Gasteiger partial charge in [-0.05, 0) is 68.4 Å². The van der Waals surface area contributed by atoms with Crippen LogP contribution in [0.25, 0.3) is 0 Å². The van der Waals surface area contributed by atoms with Crippen molar-refractivity contribution in [1.29, 1.82) is 0 Å². The Hall–Kier alpha value is -1.75. The van der Waals surface area contributed by atoms with Gasteiger partial charge in [0.1, 0.15) is 5.82 Å². The van der Waals surface area contributed by atoms with Crippen LogP contribution < -0.4 is 5.32 Å². The van der Waals surface area contributed by atoms with E-state index >= 15 is 0 Å².